The molecule has 15 heavy (non-hydrogen) atoms. The molecule has 1 aliphatic rings. The maximum Gasteiger partial charge on any atom is 0.0615 e. The topological polar surface area (TPSA) is 21.3 Å². The van der Waals surface area contributed by atoms with E-state index < -0.39 is 0 Å². The van der Waals surface area contributed by atoms with Crippen molar-refractivity contribution >= 4 is 0 Å². The quantitative estimate of drug-likeness (QED) is 0.758. The van der Waals surface area contributed by atoms with E-state index in [0.29, 0.717) is 12.1 Å². The first-order valence-electron chi connectivity index (χ1n) is 6.42. The van der Waals surface area contributed by atoms with Gasteiger partial charge in [0, 0.05) is 19.2 Å². The second-order valence-corrected chi connectivity index (χ2v) is 5.23. The van der Waals surface area contributed by atoms with Crippen LogP contribution in [0.4, 0.5) is 0 Å². The molecule has 4 atom stereocenters. The highest BCUT2D eigenvalue weighted by molar-refractivity contribution is 4.83. The molecule has 4 unspecified atom stereocenters. The fourth-order valence-electron chi connectivity index (χ4n) is 2.55. The van der Waals surface area contributed by atoms with E-state index in [-0.39, 0.29) is 0 Å². The van der Waals surface area contributed by atoms with Crippen LogP contribution < -0.4 is 5.32 Å². The van der Waals surface area contributed by atoms with Crippen LogP contribution in [-0.4, -0.2) is 25.8 Å². The Morgan fingerprint density at radius 3 is 2.67 bits per heavy atom. The van der Waals surface area contributed by atoms with Gasteiger partial charge in [-0.05, 0) is 31.1 Å². The molecule has 1 aliphatic carbocycles. The maximum absolute atomic E-state index is 5.24. The van der Waals surface area contributed by atoms with E-state index in [2.05, 4.69) is 26.1 Å². The van der Waals surface area contributed by atoms with Crippen molar-refractivity contribution in [1.29, 1.82) is 0 Å². The average Bonchev–Trinajstić information content (AvgIpc) is 2.22. The summed E-state index contributed by atoms with van der Waals surface area (Å²) in [6, 6.07) is 1.24. The van der Waals surface area contributed by atoms with Crippen LogP contribution >= 0.6 is 0 Å². The van der Waals surface area contributed by atoms with E-state index in [1.54, 1.807) is 7.11 Å². The number of hydrogen-bond donors (Lipinski definition) is 1. The predicted molar refractivity (Wildman–Crippen MR) is 65.1 cm³/mol. The molecule has 0 heterocycles. The minimum atomic E-state index is 0.535. The van der Waals surface area contributed by atoms with E-state index in [0.717, 1.165) is 24.9 Å². The maximum atomic E-state index is 5.24. The van der Waals surface area contributed by atoms with Gasteiger partial charge in [-0.3, -0.25) is 0 Å². The van der Waals surface area contributed by atoms with E-state index in [9.17, 15) is 0 Å². The van der Waals surface area contributed by atoms with Crippen LogP contribution in [0.15, 0.2) is 0 Å². The smallest absolute Gasteiger partial charge is 0.0615 e. The normalized spacial score (nSPS) is 34.0. The predicted octanol–water partition coefficient (Wildman–Crippen LogP) is 2.83. The van der Waals surface area contributed by atoms with Gasteiger partial charge in [-0.1, -0.05) is 27.2 Å². The summed E-state index contributed by atoms with van der Waals surface area (Å²) in [5.41, 5.74) is 0. The monoisotopic (exact) mass is 213 g/mol. The van der Waals surface area contributed by atoms with Gasteiger partial charge in [0.05, 0.1) is 6.61 Å². The first kappa shape index (κ1) is 13.0. The van der Waals surface area contributed by atoms with Gasteiger partial charge in [0.15, 0.2) is 0 Å². The molecule has 0 amide bonds. The summed E-state index contributed by atoms with van der Waals surface area (Å²) >= 11 is 0. The van der Waals surface area contributed by atoms with E-state index in [4.69, 9.17) is 4.74 Å². The Labute approximate surface area is 94.8 Å². The number of methoxy groups -OCH3 is 1. The highest BCUT2D eigenvalue weighted by atomic mass is 16.5. The standard InChI is InChI=1S/C13H27NO/c1-5-12(9-15-4)14-13-8-10(2)6-7-11(13)3/h10-14H,5-9H2,1-4H3. The summed E-state index contributed by atoms with van der Waals surface area (Å²) in [6.07, 6.45) is 5.27. The van der Waals surface area contributed by atoms with E-state index in [1.807, 2.05) is 0 Å². The summed E-state index contributed by atoms with van der Waals surface area (Å²) in [4.78, 5) is 0. The third kappa shape index (κ3) is 4.12. The SMILES string of the molecule is CCC(COC)NC1CC(C)CCC1C. The lowest BCUT2D eigenvalue weighted by Gasteiger charge is -2.35. The zero-order chi connectivity index (χ0) is 11.3. The van der Waals surface area contributed by atoms with Crippen LogP contribution in [0.3, 0.4) is 0 Å². The molecule has 0 bridgehead atoms. The highest BCUT2D eigenvalue weighted by Gasteiger charge is 2.26. The van der Waals surface area contributed by atoms with Crippen molar-refractivity contribution in [2.45, 2.75) is 58.5 Å². The Bertz CT molecular complexity index is 172. The third-order valence-electron chi connectivity index (χ3n) is 3.77. The first-order valence-corrected chi connectivity index (χ1v) is 6.42. The molecular formula is C13H27NO. The lowest BCUT2D eigenvalue weighted by atomic mass is 9.80. The molecule has 0 spiro atoms. The molecule has 2 heteroatoms. The summed E-state index contributed by atoms with van der Waals surface area (Å²) in [5, 5.41) is 3.76. The molecule has 2 nitrogen and oxygen atoms in total. The molecule has 1 N–H and O–H groups in total. The summed E-state index contributed by atoms with van der Waals surface area (Å²) in [5.74, 6) is 1.71. The van der Waals surface area contributed by atoms with Crippen LogP contribution in [0.2, 0.25) is 0 Å². The third-order valence-corrected chi connectivity index (χ3v) is 3.77. The minimum Gasteiger partial charge on any atom is -0.383 e. The van der Waals surface area contributed by atoms with Gasteiger partial charge < -0.3 is 10.1 Å². The van der Waals surface area contributed by atoms with Crippen LogP contribution in [-0.2, 0) is 4.74 Å². The number of rotatable bonds is 5. The number of ether oxygens (including phenoxy) is 1. The molecule has 0 saturated heterocycles. The van der Waals surface area contributed by atoms with Gasteiger partial charge in [-0.2, -0.15) is 0 Å². The van der Waals surface area contributed by atoms with Crippen LogP contribution in [0.5, 0.6) is 0 Å². The lowest BCUT2D eigenvalue weighted by molar-refractivity contribution is 0.136. The van der Waals surface area contributed by atoms with Gasteiger partial charge in [0.1, 0.15) is 0 Å². The van der Waals surface area contributed by atoms with Crippen molar-refractivity contribution in [1.82, 2.24) is 5.32 Å². The molecule has 0 aliphatic heterocycles. The molecule has 1 saturated carbocycles. The fraction of sp³-hybridized carbons (Fsp3) is 1.00. The Morgan fingerprint density at radius 1 is 1.33 bits per heavy atom. The average molecular weight is 213 g/mol. The van der Waals surface area contributed by atoms with Gasteiger partial charge in [0.25, 0.3) is 0 Å². The number of hydrogen-bond acceptors (Lipinski definition) is 2. The summed E-state index contributed by atoms with van der Waals surface area (Å²) in [7, 11) is 1.79. The van der Waals surface area contributed by atoms with Gasteiger partial charge in [-0.15, -0.1) is 0 Å². The molecule has 0 aromatic carbocycles. The van der Waals surface area contributed by atoms with E-state index >= 15 is 0 Å². The second kappa shape index (κ2) is 6.49. The van der Waals surface area contributed by atoms with Crippen molar-refractivity contribution in [3.05, 3.63) is 0 Å². The van der Waals surface area contributed by atoms with Crippen LogP contribution in [0, 0.1) is 11.8 Å². The second-order valence-electron chi connectivity index (χ2n) is 5.23. The van der Waals surface area contributed by atoms with Crippen molar-refractivity contribution in [2.75, 3.05) is 13.7 Å². The molecule has 0 aromatic heterocycles. The molecule has 0 aromatic rings. The fourth-order valence-corrected chi connectivity index (χ4v) is 2.55. The lowest BCUT2D eigenvalue weighted by Crippen LogP contribution is -2.46. The molecular weight excluding hydrogens is 186 g/mol. The Morgan fingerprint density at radius 2 is 2.07 bits per heavy atom. The van der Waals surface area contributed by atoms with Crippen molar-refractivity contribution in [2.24, 2.45) is 11.8 Å². The van der Waals surface area contributed by atoms with Crippen molar-refractivity contribution in [3.8, 4) is 0 Å². The van der Waals surface area contributed by atoms with Crippen LogP contribution in [0.1, 0.15) is 46.5 Å². The highest BCUT2D eigenvalue weighted by Crippen LogP contribution is 2.28. The van der Waals surface area contributed by atoms with Gasteiger partial charge in [0.2, 0.25) is 0 Å². The largest absolute Gasteiger partial charge is 0.383 e. The zero-order valence-electron chi connectivity index (χ0n) is 10.8. The van der Waals surface area contributed by atoms with Crippen LogP contribution in [0.25, 0.3) is 0 Å². The Kier molecular flexibility index (Phi) is 5.62. The number of nitrogens with one attached hydrogen (secondary N) is 1. The van der Waals surface area contributed by atoms with Crippen molar-refractivity contribution < 1.29 is 4.74 Å². The van der Waals surface area contributed by atoms with Gasteiger partial charge in [-0.25, -0.2) is 0 Å². The van der Waals surface area contributed by atoms with E-state index in [1.165, 1.54) is 19.3 Å². The Balaban J connectivity index is 2.39. The summed E-state index contributed by atoms with van der Waals surface area (Å²) in [6.45, 7) is 7.82. The van der Waals surface area contributed by atoms with Crippen molar-refractivity contribution in [3.63, 3.8) is 0 Å². The molecule has 1 fully saturated rings. The Hall–Kier alpha value is -0.0800. The first-order chi connectivity index (χ1) is 7.17. The molecule has 0 radical (unpaired) electrons. The summed E-state index contributed by atoms with van der Waals surface area (Å²) < 4.78 is 5.24. The van der Waals surface area contributed by atoms with Gasteiger partial charge >= 0.3 is 0 Å². The molecule has 90 valence electrons. The minimum absolute atomic E-state index is 0.535. The molecule has 1 rings (SSSR count). The zero-order valence-corrected chi connectivity index (χ0v) is 10.8.